The van der Waals surface area contributed by atoms with Gasteiger partial charge in [-0.2, -0.15) is 5.10 Å². The molecular weight excluding hydrogens is 304 g/mol. The van der Waals surface area contributed by atoms with Crippen LogP contribution in [0.25, 0.3) is 0 Å². The van der Waals surface area contributed by atoms with Crippen molar-refractivity contribution in [3.63, 3.8) is 0 Å². The highest BCUT2D eigenvalue weighted by Crippen LogP contribution is 2.28. The Morgan fingerprint density at radius 1 is 1.32 bits per heavy atom. The molecule has 1 atom stereocenters. The molecule has 0 fully saturated rings. The van der Waals surface area contributed by atoms with Crippen LogP contribution >= 0.6 is 15.9 Å². The lowest BCUT2D eigenvalue weighted by atomic mass is 10.0. The SMILES string of the molecule is CCNC(c1cc(C)nc(C)c1)c1c(Br)cnn1C. The third-order valence-electron chi connectivity index (χ3n) is 3.06. The van der Waals surface area contributed by atoms with Gasteiger partial charge in [0.2, 0.25) is 0 Å². The van der Waals surface area contributed by atoms with Crippen molar-refractivity contribution in [1.29, 1.82) is 0 Å². The maximum Gasteiger partial charge on any atom is 0.0760 e. The molecule has 1 unspecified atom stereocenters. The Kier molecular flexibility index (Phi) is 4.37. The average molecular weight is 323 g/mol. The first-order valence-electron chi connectivity index (χ1n) is 6.39. The van der Waals surface area contributed by atoms with Gasteiger partial charge in [0.25, 0.3) is 0 Å². The molecule has 102 valence electrons. The van der Waals surface area contributed by atoms with Gasteiger partial charge in [0.05, 0.1) is 22.4 Å². The Morgan fingerprint density at radius 2 is 1.95 bits per heavy atom. The number of halogens is 1. The summed E-state index contributed by atoms with van der Waals surface area (Å²) in [5, 5.41) is 7.82. The normalized spacial score (nSPS) is 12.7. The van der Waals surface area contributed by atoms with Crippen molar-refractivity contribution in [3.8, 4) is 0 Å². The minimum absolute atomic E-state index is 0.118. The fraction of sp³-hybridized carbons (Fsp3) is 0.429. The number of aryl methyl sites for hydroxylation is 3. The van der Waals surface area contributed by atoms with E-state index in [1.54, 1.807) is 0 Å². The van der Waals surface area contributed by atoms with Gasteiger partial charge in [-0.05, 0) is 54.0 Å². The Morgan fingerprint density at radius 3 is 2.42 bits per heavy atom. The first-order chi connectivity index (χ1) is 9.02. The van der Waals surface area contributed by atoms with Crippen molar-refractivity contribution >= 4 is 15.9 Å². The third-order valence-corrected chi connectivity index (χ3v) is 3.67. The zero-order chi connectivity index (χ0) is 14.0. The number of aromatic nitrogens is 3. The highest BCUT2D eigenvalue weighted by atomic mass is 79.9. The zero-order valence-corrected chi connectivity index (χ0v) is 13.3. The van der Waals surface area contributed by atoms with Crippen LogP contribution in [-0.2, 0) is 7.05 Å². The number of hydrogen-bond acceptors (Lipinski definition) is 3. The van der Waals surface area contributed by atoms with E-state index in [0.717, 1.165) is 28.1 Å². The Hall–Kier alpha value is -1.20. The van der Waals surface area contributed by atoms with Crippen molar-refractivity contribution in [1.82, 2.24) is 20.1 Å². The van der Waals surface area contributed by atoms with Gasteiger partial charge in [-0.15, -0.1) is 0 Å². The second-order valence-corrected chi connectivity index (χ2v) is 5.53. The lowest BCUT2D eigenvalue weighted by Gasteiger charge is -2.20. The van der Waals surface area contributed by atoms with Gasteiger partial charge in [-0.25, -0.2) is 0 Å². The molecule has 0 saturated heterocycles. The fourth-order valence-electron chi connectivity index (χ4n) is 2.35. The van der Waals surface area contributed by atoms with Crippen LogP contribution in [0.3, 0.4) is 0 Å². The topological polar surface area (TPSA) is 42.7 Å². The zero-order valence-electron chi connectivity index (χ0n) is 11.7. The molecule has 2 rings (SSSR count). The maximum atomic E-state index is 4.44. The highest BCUT2D eigenvalue weighted by molar-refractivity contribution is 9.10. The van der Waals surface area contributed by atoms with Crippen LogP contribution < -0.4 is 5.32 Å². The summed E-state index contributed by atoms with van der Waals surface area (Å²) in [7, 11) is 1.96. The number of hydrogen-bond donors (Lipinski definition) is 1. The number of rotatable bonds is 4. The predicted molar refractivity (Wildman–Crippen MR) is 80.1 cm³/mol. The second-order valence-electron chi connectivity index (χ2n) is 4.68. The molecular formula is C14H19BrN4. The van der Waals surface area contributed by atoms with E-state index in [-0.39, 0.29) is 6.04 Å². The number of nitrogens with zero attached hydrogens (tertiary/aromatic N) is 3. The standard InChI is InChI=1S/C14H19BrN4/c1-5-16-13(14-12(15)8-17-19(14)4)11-6-9(2)18-10(3)7-11/h6-8,13,16H,5H2,1-4H3. The van der Waals surface area contributed by atoms with Crippen LogP contribution in [0.2, 0.25) is 0 Å². The van der Waals surface area contributed by atoms with E-state index in [1.165, 1.54) is 5.56 Å². The summed E-state index contributed by atoms with van der Waals surface area (Å²) in [6.07, 6.45) is 1.83. The smallest absolute Gasteiger partial charge is 0.0760 e. The largest absolute Gasteiger partial charge is 0.305 e. The second kappa shape index (κ2) is 5.84. The third kappa shape index (κ3) is 3.04. The molecule has 5 heteroatoms. The summed E-state index contributed by atoms with van der Waals surface area (Å²) in [4.78, 5) is 4.44. The molecule has 1 N–H and O–H groups in total. The molecule has 0 aromatic carbocycles. The van der Waals surface area contributed by atoms with E-state index in [9.17, 15) is 0 Å². The van der Waals surface area contributed by atoms with Gasteiger partial charge in [0.15, 0.2) is 0 Å². The molecule has 0 amide bonds. The van der Waals surface area contributed by atoms with Crippen molar-refractivity contribution in [3.05, 3.63) is 45.4 Å². The molecule has 0 aliphatic heterocycles. The van der Waals surface area contributed by atoms with Crippen LogP contribution in [-0.4, -0.2) is 21.3 Å². The average Bonchev–Trinajstić information content (AvgIpc) is 2.65. The maximum absolute atomic E-state index is 4.44. The van der Waals surface area contributed by atoms with E-state index >= 15 is 0 Å². The van der Waals surface area contributed by atoms with E-state index in [2.05, 4.69) is 50.4 Å². The molecule has 0 spiro atoms. The lowest BCUT2D eigenvalue weighted by molar-refractivity contribution is 0.569. The van der Waals surface area contributed by atoms with Gasteiger partial charge >= 0.3 is 0 Å². The Bertz CT molecular complexity index is 537. The summed E-state index contributed by atoms with van der Waals surface area (Å²) in [6, 6.07) is 4.37. The van der Waals surface area contributed by atoms with Gasteiger partial charge in [-0.1, -0.05) is 6.92 Å². The summed E-state index contributed by atoms with van der Waals surface area (Å²) < 4.78 is 2.93. The van der Waals surface area contributed by atoms with Gasteiger partial charge in [0.1, 0.15) is 0 Å². The minimum Gasteiger partial charge on any atom is -0.305 e. The Labute approximate surface area is 122 Å². The summed E-state index contributed by atoms with van der Waals surface area (Å²) in [5.41, 5.74) is 4.43. The summed E-state index contributed by atoms with van der Waals surface area (Å²) in [5.74, 6) is 0. The molecule has 2 heterocycles. The Balaban J connectivity index is 2.51. The van der Waals surface area contributed by atoms with Crippen LogP contribution in [0, 0.1) is 13.8 Å². The van der Waals surface area contributed by atoms with Crippen LogP contribution in [0.5, 0.6) is 0 Å². The fourth-order valence-corrected chi connectivity index (χ4v) is 2.93. The predicted octanol–water partition coefficient (Wildman–Crippen LogP) is 2.89. The summed E-state index contributed by atoms with van der Waals surface area (Å²) in [6.45, 7) is 7.05. The highest BCUT2D eigenvalue weighted by Gasteiger charge is 2.20. The van der Waals surface area contributed by atoms with E-state index in [1.807, 2.05) is 31.8 Å². The van der Waals surface area contributed by atoms with E-state index < -0.39 is 0 Å². The van der Waals surface area contributed by atoms with Crippen LogP contribution in [0.15, 0.2) is 22.8 Å². The van der Waals surface area contributed by atoms with E-state index in [0.29, 0.717) is 0 Å². The molecule has 19 heavy (non-hydrogen) atoms. The van der Waals surface area contributed by atoms with Gasteiger partial charge in [0, 0.05) is 18.4 Å². The molecule has 2 aromatic heterocycles. The molecule has 0 saturated carbocycles. The molecule has 0 bridgehead atoms. The van der Waals surface area contributed by atoms with Crippen molar-refractivity contribution in [2.24, 2.45) is 7.05 Å². The van der Waals surface area contributed by atoms with Crippen molar-refractivity contribution in [2.75, 3.05) is 6.54 Å². The first kappa shape index (κ1) is 14.2. The first-order valence-corrected chi connectivity index (χ1v) is 7.18. The molecule has 0 radical (unpaired) electrons. The van der Waals surface area contributed by atoms with Crippen molar-refractivity contribution in [2.45, 2.75) is 26.8 Å². The molecule has 4 nitrogen and oxygen atoms in total. The minimum atomic E-state index is 0.118. The number of pyridine rings is 1. The van der Waals surface area contributed by atoms with E-state index in [4.69, 9.17) is 0 Å². The monoisotopic (exact) mass is 322 g/mol. The molecule has 0 aliphatic carbocycles. The lowest BCUT2D eigenvalue weighted by Crippen LogP contribution is -2.25. The molecule has 0 aliphatic rings. The van der Waals surface area contributed by atoms with Crippen LogP contribution in [0.4, 0.5) is 0 Å². The number of nitrogens with one attached hydrogen (secondary N) is 1. The molecule has 2 aromatic rings. The van der Waals surface area contributed by atoms with Crippen LogP contribution in [0.1, 0.15) is 35.6 Å². The summed E-state index contributed by atoms with van der Waals surface area (Å²) >= 11 is 3.58. The quantitative estimate of drug-likeness (QED) is 0.941. The van der Waals surface area contributed by atoms with Gasteiger partial charge in [-0.3, -0.25) is 9.67 Å². The van der Waals surface area contributed by atoms with Gasteiger partial charge < -0.3 is 5.32 Å². The van der Waals surface area contributed by atoms with Crippen molar-refractivity contribution < 1.29 is 0 Å².